The molecule has 0 radical (unpaired) electrons. The predicted molar refractivity (Wildman–Crippen MR) is 93.8 cm³/mol. The molecule has 10 nitrogen and oxygen atoms in total. The molecule has 0 spiro atoms. The molecule has 0 saturated heterocycles. The van der Waals surface area contributed by atoms with Crippen LogP contribution in [0.5, 0.6) is 0 Å². The van der Waals surface area contributed by atoms with Crippen LogP contribution in [0.2, 0.25) is 0 Å². The number of urea groups is 1. The molecule has 136 valence electrons. The molecular weight excluding hydrogens is 338 g/mol. The first-order chi connectivity index (χ1) is 12.5. The third-order valence-electron chi connectivity index (χ3n) is 3.38. The second-order valence-corrected chi connectivity index (χ2v) is 5.73. The lowest BCUT2D eigenvalue weighted by Crippen LogP contribution is -2.30. The quantitative estimate of drug-likeness (QED) is 0.685. The number of amides is 2. The zero-order chi connectivity index (χ0) is 18.5. The van der Waals surface area contributed by atoms with Gasteiger partial charge in [0.25, 0.3) is 0 Å². The summed E-state index contributed by atoms with van der Waals surface area (Å²) in [5.41, 5.74) is 1.41. The lowest BCUT2D eigenvalue weighted by atomic mass is 10.2. The number of nitrogens with one attached hydrogen (secondary N) is 2. The van der Waals surface area contributed by atoms with E-state index >= 15 is 0 Å². The fraction of sp³-hybridized carbons (Fsp3) is 0.312. The van der Waals surface area contributed by atoms with Crippen LogP contribution in [0.15, 0.2) is 33.2 Å². The van der Waals surface area contributed by atoms with Crippen LogP contribution in [0.3, 0.4) is 0 Å². The zero-order valence-corrected chi connectivity index (χ0v) is 14.7. The van der Waals surface area contributed by atoms with E-state index in [1.54, 1.807) is 36.1 Å². The van der Waals surface area contributed by atoms with Gasteiger partial charge in [-0.1, -0.05) is 10.3 Å². The standard InChI is InChI=1S/C16H19N7O3/c1-10-18-13(26-22-10)8-9-17-15(24)19-12-6-4-11(5-7-12)14-20-21-16(25-14)23(2)3/h4-7H,8-9H2,1-3H3,(H2,17,19,24). The molecule has 2 N–H and O–H groups in total. The Morgan fingerprint density at radius 1 is 1.19 bits per heavy atom. The maximum Gasteiger partial charge on any atom is 0.319 e. The van der Waals surface area contributed by atoms with Crippen molar-refractivity contribution in [2.24, 2.45) is 0 Å². The first kappa shape index (κ1) is 17.4. The lowest BCUT2D eigenvalue weighted by molar-refractivity contribution is 0.252. The monoisotopic (exact) mass is 357 g/mol. The van der Waals surface area contributed by atoms with Crippen molar-refractivity contribution in [2.75, 3.05) is 30.9 Å². The van der Waals surface area contributed by atoms with E-state index < -0.39 is 0 Å². The van der Waals surface area contributed by atoms with Gasteiger partial charge in [0.15, 0.2) is 5.82 Å². The molecule has 1 aromatic carbocycles. The smallest absolute Gasteiger partial charge is 0.319 e. The Bertz CT molecular complexity index is 870. The second kappa shape index (κ2) is 7.64. The molecule has 0 aliphatic heterocycles. The van der Waals surface area contributed by atoms with Gasteiger partial charge in [0, 0.05) is 38.3 Å². The van der Waals surface area contributed by atoms with Crippen molar-refractivity contribution in [3.63, 3.8) is 0 Å². The fourth-order valence-electron chi connectivity index (χ4n) is 2.11. The molecule has 3 aromatic rings. The Labute approximate surface area is 149 Å². The van der Waals surface area contributed by atoms with Crippen LogP contribution >= 0.6 is 0 Å². The molecule has 0 atom stereocenters. The summed E-state index contributed by atoms with van der Waals surface area (Å²) in [6, 6.07) is 7.22. The Morgan fingerprint density at radius 2 is 1.96 bits per heavy atom. The Hall–Kier alpha value is -3.43. The van der Waals surface area contributed by atoms with Crippen molar-refractivity contribution >= 4 is 17.7 Å². The van der Waals surface area contributed by atoms with Gasteiger partial charge in [-0.2, -0.15) is 4.98 Å². The highest BCUT2D eigenvalue weighted by atomic mass is 16.5. The van der Waals surface area contributed by atoms with Crippen LogP contribution in [0.4, 0.5) is 16.5 Å². The van der Waals surface area contributed by atoms with E-state index in [-0.39, 0.29) is 6.03 Å². The highest BCUT2D eigenvalue weighted by Crippen LogP contribution is 2.22. The Balaban J connectivity index is 1.50. The van der Waals surface area contributed by atoms with E-state index in [9.17, 15) is 4.79 Å². The van der Waals surface area contributed by atoms with Gasteiger partial charge in [0.2, 0.25) is 11.8 Å². The summed E-state index contributed by atoms with van der Waals surface area (Å²) in [5, 5.41) is 17.1. The molecule has 0 unspecified atom stereocenters. The van der Waals surface area contributed by atoms with Gasteiger partial charge < -0.3 is 24.5 Å². The van der Waals surface area contributed by atoms with Crippen LogP contribution in [-0.4, -0.2) is 47.0 Å². The molecule has 3 rings (SSSR count). The van der Waals surface area contributed by atoms with Gasteiger partial charge in [-0.15, -0.1) is 5.10 Å². The molecule has 2 heterocycles. The minimum atomic E-state index is -0.318. The van der Waals surface area contributed by atoms with Crippen LogP contribution in [-0.2, 0) is 6.42 Å². The predicted octanol–water partition coefficient (Wildman–Crippen LogP) is 1.86. The first-order valence-corrected chi connectivity index (χ1v) is 7.96. The van der Waals surface area contributed by atoms with Crippen molar-refractivity contribution in [1.82, 2.24) is 25.7 Å². The van der Waals surface area contributed by atoms with Gasteiger partial charge in [0.05, 0.1) is 0 Å². The molecule has 2 aromatic heterocycles. The van der Waals surface area contributed by atoms with E-state index in [0.717, 1.165) is 5.56 Å². The maximum atomic E-state index is 11.9. The van der Waals surface area contributed by atoms with E-state index in [2.05, 4.69) is 31.0 Å². The largest absolute Gasteiger partial charge is 0.403 e. The summed E-state index contributed by atoms with van der Waals surface area (Å²) in [7, 11) is 3.64. The number of aromatic nitrogens is 4. The molecule has 10 heteroatoms. The number of rotatable bonds is 6. The van der Waals surface area contributed by atoms with E-state index in [0.29, 0.717) is 42.3 Å². The number of benzene rings is 1. The molecule has 0 aliphatic rings. The summed E-state index contributed by atoms with van der Waals surface area (Å²) in [6.07, 6.45) is 0.471. The minimum absolute atomic E-state index is 0.318. The second-order valence-electron chi connectivity index (χ2n) is 5.73. The summed E-state index contributed by atoms with van der Waals surface area (Å²) in [4.78, 5) is 17.7. The molecule has 0 bridgehead atoms. The SMILES string of the molecule is Cc1noc(CCNC(=O)Nc2ccc(-c3nnc(N(C)C)o3)cc2)n1. The fourth-order valence-corrected chi connectivity index (χ4v) is 2.11. The summed E-state index contributed by atoms with van der Waals surface area (Å²) in [5.74, 6) is 1.48. The van der Waals surface area contributed by atoms with Gasteiger partial charge >= 0.3 is 12.0 Å². The highest BCUT2D eigenvalue weighted by molar-refractivity contribution is 5.89. The average molecular weight is 357 g/mol. The first-order valence-electron chi connectivity index (χ1n) is 7.96. The molecule has 0 aliphatic carbocycles. The number of anilines is 2. The third kappa shape index (κ3) is 4.35. The van der Waals surface area contributed by atoms with E-state index in [1.165, 1.54) is 0 Å². The van der Waals surface area contributed by atoms with Gasteiger partial charge in [-0.25, -0.2) is 4.79 Å². The maximum absolute atomic E-state index is 11.9. The normalized spacial score (nSPS) is 10.6. The van der Waals surface area contributed by atoms with Gasteiger partial charge in [-0.05, 0) is 31.2 Å². The molecular formula is C16H19N7O3. The Morgan fingerprint density at radius 3 is 2.58 bits per heavy atom. The number of carbonyl (C=O) groups excluding carboxylic acids is 1. The Kier molecular flexibility index (Phi) is 5.11. The highest BCUT2D eigenvalue weighted by Gasteiger charge is 2.10. The van der Waals surface area contributed by atoms with E-state index in [1.807, 2.05) is 14.1 Å². The molecule has 0 fully saturated rings. The average Bonchev–Trinajstić information content (AvgIpc) is 3.25. The molecule has 26 heavy (non-hydrogen) atoms. The number of aryl methyl sites for hydroxylation is 1. The molecule has 0 saturated carbocycles. The van der Waals surface area contributed by atoms with Crippen LogP contribution in [0.25, 0.3) is 11.5 Å². The van der Waals surface area contributed by atoms with Gasteiger partial charge in [-0.3, -0.25) is 0 Å². The summed E-state index contributed by atoms with van der Waals surface area (Å²) >= 11 is 0. The van der Waals surface area contributed by atoms with Crippen molar-refractivity contribution in [2.45, 2.75) is 13.3 Å². The van der Waals surface area contributed by atoms with Crippen molar-refractivity contribution in [3.8, 4) is 11.5 Å². The lowest BCUT2D eigenvalue weighted by Gasteiger charge is -2.07. The number of carbonyl (C=O) groups is 1. The zero-order valence-electron chi connectivity index (χ0n) is 14.7. The third-order valence-corrected chi connectivity index (χ3v) is 3.38. The summed E-state index contributed by atoms with van der Waals surface area (Å²) in [6.45, 7) is 2.13. The van der Waals surface area contributed by atoms with Crippen LogP contribution in [0.1, 0.15) is 11.7 Å². The van der Waals surface area contributed by atoms with Crippen molar-refractivity contribution in [3.05, 3.63) is 36.0 Å². The van der Waals surface area contributed by atoms with Crippen LogP contribution < -0.4 is 15.5 Å². The van der Waals surface area contributed by atoms with Crippen molar-refractivity contribution in [1.29, 1.82) is 0 Å². The number of hydrogen-bond donors (Lipinski definition) is 2. The minimum Gasteiger partial charge on any atom is -0.403 e. The molecule has 2 amide bonds. The number of nitrogens with zero attached hydrogens (tertiary/aromatic N) is 5. The van der Waals surface area contributed by atoms with E-state index in [4.69, 9.17) is 8.94 Å². The van der Waals surface area contributed by atoms with Crippen LogP contribution in [0, 0.1) is 6.92 Å². The van der Waals surface area contributed by atoms with Gasteiger partial charge in [0.1, 0.15) is 0 Å². The summed E-state index contributed by atoms with van der Waals surface area (Å²) < 4.78 is 10.5. The topological polar surface area (TPSA) is 122 Å². The number of hydrogen-bond acceptors (Lipinski definition) is 8. The van der Waals surface area contributed by atoms with Crippen molar-refractivity contribution < 1.29 is 13.7 Å².